The maximum Gasteiger partial charge on any atom is -0.00699 e. The average molecular weight is 192 g/mol. The molecule has 0 atom stereocenters. The van der Waals surface area contributed by atoms with Crippen molar-refractivity contribution in [2.45, 2.75) is 6.92 Å². The smallest absolute Gasteiger partial charge is 0.00699 e. The molecule has 0 saturated heterocycles. The van der Waals surface area contributed by atoms with E-state index in [2.05, 4.69) is 56.0 Å². The van der Waals surface area contributed by atoms with E-state index in [1.807, 2.05) is 0 Å². The summed E-state index contributed by atoms with van der Waals surface area (Å²) in [6.45, 7) is 6.34. The lowest BCUT2D eigenvalue weighted by Gasteiger charge is -2.03. The van der Waals surface area contributed by atoms with Gasteiger partial charge in [-0.2, -0.15) is 0 Å². The molecule has 2 aromatic carbocycles. The molecule has 0 amide bonds. The first kappa shape index (κ1) is 8.49. The summed E-state index contributed by atoms with van der Waals surface area (Å²) in [5.41, 5.74) is 7.75. The van der Waals surface area contributed by atoms with Gasteiger partial charge in [-0.05, 0) is 40.3 Å². The van der Waals surface area contributed by atoms with Crippen molar-refractivity contribution in [2.24, 2.45) is 0 Å². The van der Waals surface area contributed by atoms with E-state index in [1.165, 1.54) is 27.8 Å². The maximum absolute atomic E-state index is 4.18. The van der Waals surface area contributed by atoms with Gasteiger partial charge in [0.05, 0.1) is 0 Å². The lowest BCUT2D eigenvalue weighted by atomic mass is 10.0. The van der Waals surface area contributed by atoms with Gasteiger partial charge in [0.1, 0.15) is 0 Å². The average Bonchev–Trinajstić information content (AvgIpc) is 2.55. The molecule has 0 heterocycles. The SMILES string of the molecule is C=C1c2ccccc2-c2c(C)cccc21. The van der Waals surface area contributed by atoms with Crippen LogP contribution in [0.2, 0.25) is 0 Å². The summed E-state index contributed by atoms with van der Waals surface area (Å²) in [6.07, 6.45) is 0. The Morgan fingerprint density at radius 3 is 2.27 bits per heavy atom. The molecule has 15 heavy (non-hydrogen) atoms. The number of fused-ring (bicyclic) bond motifs is 3. The number of aryl methyl sites for hydroxylation is 1. The van der Waals surface area contributed by atoms with E-state index in [4.69, 9.17) is 0 Å². The maximum atomic E-state index is 4.18. The van der Waals surface area contributed by atoms with Gasteiger partial charge in [0.2, 0.25) is 0 Å². The van der Waals surface area contributed by atoms with E-state index in [9.17, 15) is 0 Å². The minimum atomic E-state index is 1.16. The molecule has 0 fully saturated rings. The zero-order valence-electron chi connectivity index (χ0n) is 8.75. The third-order valence-corrected chi connectivity index (χ3v) is 3.12. The molecule has 2 aromatic rings. The molecule has 0 saturated carbocycles. The summed E-state index contributed by atoms with van der Waals surface area (Å²) in [4.78, 5) is 0. The van der Waals surface area contributed by atoms with Gasteiger partial charge in [-0.15, -0.1) is 0 Å². The topological polar surface area (TPSA) is 0 Å². The Bertz CT molecular complexity index is 562. The molecule has 3 rings (SSSR count). The summed E-state index contributed by atoms with van der Waals surface area (Å²) >= 11 is 0. The van der Waals surface area contributed by atoms with Crippen LogP contribution in [0.3, 0.4) is 0 Å². The Kier molecular flexibility index (Phi) is 1.60. The second-order valence-corrected chi connectivity index (χ2v) is 4.02. The molecule has 0 spiro atoms. The van der Waals surface area contributed by atoms with E-state index in [0.717, 1.165) is 5.57 Å². The highest BCUT2D eigenvalue weighted by molar-refractivity contribution is 6.01. The molecule has 0 radical (unpaired) electrons. The number of rotatable bonds is 0. The van der Waals surface area contributed by atoms with Gasteiger partial charge in [-0.3, -0.25) is 0 Å². The number of benzene rings is 2. The highest BCUT2D eigenvalue weighted by atomic mass is 14.2. The molecule has 0 heteroatoms. The van der Waals surface area contributed by atoms with Crippen molar-refractivity contribution in [3.05, 3.63) is 65.7 Å². The molecule has 0 aliphatic heterocycles. The lowest BCUT2D eigenvalue weighted by Crippen LogP contribution is -1.81. The Morgan fingerprint density at radius 1 is 0.800 bits per heavy atom. The van der Waals surface area contributed by atoms with Crippen molar-refractivity contribution in [1.29, 1.82) is 0 Å². The summed E-state index contributed by atoms with van der Waals surface area (Å²) in [5.74, 6) is 0. The summed E-state index contributed by atoms with van der Waals surface area (Å²) in [5, 5.41) is 0. The quantitative estimate of drug-likeness (QED) is 0.504. The van der Waals surface area contributed by atoms with Crippen LogP contribution in [0.4, 0.5) is 0 Å². The van der Waals surface area contributed by atoms with Gasteiger partial charge >= 0.3 is 0 Å². The van der Waals surface area contributed by atoms with Gasteiger partial charge in [-0.1, -0.05) is 49.0 Å². The highest BCUT2D eigenvalue weighted by Crippen LogP contribution is 2.44. The fraction of sp³-hybridized carbons (Fsp3) is 0.0667. The highest BCUT2D eigenvalue weighted by Gasteiger charge is 2.22. The van der Waals surface area contributed by atoms with E-state index < -0.39 is 0 Å². The van der Waals surface area contributed by atoms with Crippen LogP contribution >= 0.6 is 0 Å². The zero-order chi connectivity index (χ0) is 10.4. The van der Waals surface area contributed by atoms with E-state index in [1.54, 1.807) is 0 Å². The monoisotopic (exact) mass is 192 g/mol. The van der Waals surface area contributed by atoms with Crippen LogP contribution in [0.1, 0.15) is 16.7 Å². The largest absolute Gasteiger partial charge is 0.0905 e. The predicted molar refractivity (Wildman–Crippen MR) is 64.8 cm³/mol. The van der Waals surface area contributed by atoms with Crippen LogP contribution in [0.15, 0.2) is 49.0 Å². The van der Waals surface area contributed by atoms with Crippen molar-refractivity contribution < 1.29 is 0 Å². The molecule has 1 aliphatic rings. The Morgan fingerprint density at radius 2 is 1.47 bits per heavy atom. The van der Waals surface area contributed by atoms with Crippen LogP contribution in [-0.2, 0) is 0 Å². The third kappa shape index (κ3) is 1.02. The van der Waals surface area contributed by atoms with Gasteiger partial charge in [0, 0.05) is 0 Å². The van der Waals surface area contributed by atoms with Crippen LogP contribution in [0, 0.1) is 6.92 Å². The second-order valence-electron chi connectivity index (χ2n) is 4.02. The molecular weight excluding hydrogens is 180 g/mol. The van der Waals surface area contributed by atoms with E-state index >= 15 is 0 Å². The molecule has 72 valence electrons. The van der Waals surface area contributed by atoms with E-state index in [-0.39, 0.29) is 0 Å². The molecule has 0 bridgehead atoms. The fourth-order valence-electron chi connectivity index (χ4n) is 2.39. The van der Waals surface area contributed by atoms with Gasteiger partial charge < -0.3 is 0 Å². The minimum Gasteiger partial charge on any atom is -0.0905 e. The minimum absolute atomic E-state index is 1.16. The van der Waals surface area contributed by atoms with Gasteiger partial charge in [0.15, 0.2) is 0 Å². The molecule has 0 unspecified atom stereocenters. The lowest BCUT2D eigenvalue weighted by molar-refractivity contribution is 1.46. The fourth-order valence-corrected chi connectivity index (χ4v) is 2.39. The molecule has 0 aromatic heterocycles. The van der Waals surface area contributed by atoms with Crippen LogP contribution in [0.5, 0.6) is 0 Å². The number of hydrogen-bond donors (Lipinski definition) is 0. The van der Waals surface area contributed by atoms with Gasteiger partial charge in [0.25, 0.3) is 0 Å². The summed E-state index contributed by atoms with van der Waals surface area (Å²) in [7, 11) is 0. The normalized spacial score (nSPS) is 12.5. The molecular formula is C15H12. The standard InChI is InChI=1S/C15H12/c1-10-6-5-9-13-11(2)12-7-3-4-8-14(12)15(10)13/h3-9H,2H2,1H3. The van der Waals surface area contributed by atoms with Crippen LogP contribution in [-0.4, -0.2) is 0 Å². The Labute approximate surface area is 89.9 Å². The summed E-state index contributed by atoms with van der Waals surface area (Å²) in [6, 6.07) is 14.9. The van der Waals surface area contributed by atoms with E-state index in [0.29, 0.717) is 0 Å². The predicted octanol–water partition coefficient (Wildman–Crippen LogP) is 4.04. The molecule has 1 aliphatic carbocycles. The van der Waals surface area contributed by atoms with Crippen molar-refractivity contribution in [1.82, 2.24) is 0 Å². The Hall–Kier alpha value is -1.82. The molecule has 0 N–H and O–H groups in total. The van der Waals surface area contributed by atoms with Crippen LogP contribution in [0.25, 0.3) is 16.7 Å². The van der Waals surface area contributed by atoms with Crippen molar-refractivity contribution in [2.75, 3.05) is 0 Å². The molecule has 0 nitrogen and oxygen atoms in total. The third-order valence-electron chi connectivity index (χ3n) is 3.12. The van der Waals surface area contributed by atoms with Crippen molar-refractivity contribution in [3.63, 3.8) is 0 Å². The summed E-state index contributed by atoms with van der Waals surface area (Å²) < 4.78 is 0. The van der Waals surface area contributed by atoms with Gasteiger partial charge in [-0.25, -0.2) is 0 Å². The van der Waals surface area contributed by atoms with Crippen molar-refractivity contribution >= 4 is 5.57 Å². The Balaban J connectivity index is 2.45. The second kappa shape index (κ2) is 2.83. The first-order valence-electron chi connectivity index (χ1n) is 5.17. The first-order valence-corrected chi connectivity index (χ1v) is 5.17. The van der Waals surface area contributed by atoms with Crippen molar-refractivity contribution in [3.8, 4) is 11.1 Å². The number of hydrogen-bond acceptors (Lipinski definition) is 0. The first-order chi connectivity index (χ1) is 7.29. The van der Waals surface area contributed by atoms with Crippen LogP contribution < -0.4 is 0 Å². The zero-order valence-corrected chi connectivity index (χ0v) is 8.75.